The van der Waals surface area contributed by atoms with E-state index in [0.29, 0.717) is 31.9 Å². The number of hydrogen-bond donors (Lipinski definition) is 1. The fraction of sp³-hybridized carbons (Fsp3) is 0.533. The number of methoxy groups -OCH3 is 1. The van der Waals surface area contributed by atoms with Crippen LogP contribution in [0.15, 0.2) is 18.2 Å². The molecule has 0 radical (unpaired) electrons. The molecule has 0 aromatic heterocycles. The van der Waals surface area contributed by atoms with Gasteiger partial charge in [0.25, 0.3) is 5.91 Å². The Hall–Kier alpha value is -1.43. The summed E-state index contributed by atoms with van der Waals surface area (Å²) in [6.07, 6.45) is -0.0690. The van der Waals surface area contributed by atoms with Gasteiger partial charge in [-0.15, -0.1) is 0 Å². The number of carbonyl (C=O) groups is 1. The van der Waals surface area contributed by atoms with Gasteiger partial charge in [0.15, 0.2) is 0 Å². The van der Waals surface area contributed by atoms with Crippen LogP contribution in [0.1, 0.15) is 21.5 Å². The molecule has 1 aliphatic heterocycles. The van der Waals surface area contributed by atoms with Gasteiger partial charge >= 0.3 is 0 Å². The van der Waals surface area contributed by atoms with Crippen molar-refractivity contribution in [2.45, 2.75) is 19.6 Å². The molecule has 1 N–H and O–H groups in total. The number of aliphatic hydroxyl groups is 1. The van der Waals surface area contributed by atoms with Gasteiger partial charge in [-0.1, -0.05) is 6.07 Å². The van der Waals surface area contributed by atoms with E-state index < -0.39 is 0 Å². The van der Waals surface area contributed by atoms with E-state index >= 15 is 0 Å². The van der Waals surface area contributed by atoms with Gasteiger partial charge in [-0.3, -0.25) is 4.79 Å². The number of carbonyl (C=O) groups excluding carboxylic acids is 1. The smallest absolute Gasteiger partial charge is 0.254 e. The number of rotatable bonds is 4. The van der Waals surface area contributed by atoms with Crippen molar-refractivity contribution in [2.24, 2.45) is 0 Å². The minimum Gasteiger partial charge on any atom is -0.392 e. The number of benzene rings is 1. The lowest BCUT2D eigenvalue weighted by atomic mass is 10.0. The predicted molar refractivity (Wildman–Crippen MR) is 74.6 cm³/mol. The maximum Gasteiger partial charge on any atom is 0.254 e. The van der Waals surface area contributed by atoms with Gasteiger partial charge in [-0.25, -0.2) is 0 Å². The Morgan fingerprint density at radius 2 is 2.35 bits per heavy atom. The molecule has 0 saturated carbocycles. The summed E-state index contributed by atoms with van der Waals surface area (Å²) in [6.45, 7) is 4.00. The molecule has 1 heterocycles. The van der Waals surface area contributed by atoms with Crippen molar-refractivity contribution >= 4 is 5.91 Å². The van der Waals surface area contributed by atoms with Gasteiger partial charge in [0.2, 0.25) is 0 Å². The van der Waals surface area contributed by atoms with Gasteiger partial charge in [0.05, 0.1) is 25.9 Å². The summed E-state index contributed by atoms with van der Waals surface area (Å²) in [6, 6.07) is 5.43. The number of aliphatic hydroxyl groups excluding tert-OH is 1. The molecule has 5 heteroatoms. The van der Waals surface area contributed by atoms with Crippen LogP contribution in [-0.2, 0) is 16.1 Å². The van der Waals surface area contributed by atoms with Crippen molar-refractivity contribution in [3.63, 3.8) is 0 Å². The Balaban J connectivity index is 2.10. The Kier molecular flexibility index (Phi) is 5.11. The van der Waals surface area contributed by atoms with Crippen LogP contribution in [-0.4, -0.2) is 55.4 Å². The van der Waals surface area contributed by atoms with Crippen LogP contribution in [0.3, 0.4) is 0 Å². The minimum atomic E-state index is -0.0690. The van der Waals surface area contributed by atoms with Crippen molar-refractivity contribution in [1.29, 1.82) is 0 Å². The van der Waals surface area contributed by atoms with Gasteiger partial charge in [-0.05, 0) is 30.2 Å². The van der Waals surface area contributed by atoms with Gasteiger partial charge in [0, 0.05) is 25.8 Å². The lowest BCUT2D eigenvalue weighted by Gasteiger charge is -2.32. The molecule has 110 valence electrons. The maximum atomic E-state index is 12.5. The second-order valence-corrected chi connectivity index (χ2v) is 5.00. The fourth-order valence-electron chi connectivity index (χ4n) is 2.35. The lowest BCUT2D eigenvalue weighted by molar-refractivity contribution is -0.0531. The van der Waals surface area contributed by atoms with Crippen molar-refractivity contribution in [3.8, 4) is 0 Å². The number of hydrogen-bond acceptors (Lipinski definition) is 4. The van der Waals surface area contributed by atoms with Crippen LogP contribution in [0.25, 0.3) is 0 Å². The Labute approximate surface area is 119 Å². The molecule has 1 amide bonds. The highest BCUT2D eigenvalue weighted by molar-refractivity contribution is 5.94. The Morgan fingerprint density at radius 3 is 3.05 bits per heavy atom. The highest BCUT2D eigenvalue weighted by Gasteiger charge is 2.25. The molecule has 1 fully saturated rings. The summed E-state index contributed by atoms with van der Waals surface area (Å²) in [5.41, 5.74) is 2.39. The van der Waals surface area contributed by atoms with Crippen LogP contribution in [0.5, 0.6) is 0 Å². The topological polar surface area (TPSA) is 59.0 Å². The fourth-order valence-corrected chi connectivity index (χ4v) is 2.35. The standard InChI is InChI=1S/C15H21NO4/c1-11-3-4-12(7-13(11)9-17)15(18)16-5-6-20-14(8-16)10-19-2/h3-4,7,14,17H,5-6,8-10H2,1-2H3. The van der Waals surface area contributed by atoms with Crippen molar-refractivity contribution in [1.82, 2.24) is 4.90 Å². The van der Waals surface area contributed by atoms with E-state index in [9.17, 15) is 9.90 Å². The summed E-state index contributed by atoms with van der Waals surface area (Å²) in [7, 11) is 1.62. The number of ether oxygens (including phenoxy) is 2. The first kappa shape index (κ1) is 15.0. The molecule has 0 bridgehead atoms. The van der Waals surface area contributed by atoms with E-state index in [2.05, 4.69) is 0 Å². The highest BCUT2D eigenvalue weighted by atomic mass is 16.5. The quantitative estimate of drug-likeness (QED) is 0.892. The molecular weight excluding hydrogens is 258 g/mol. The summed E-state index contributed by atoms with van der Waals surface area (Å²) >= 11 is 0. The summed E-state index contributed by atoms with van der Waals surface area (Å²) < 4.78 is 10.6. The van der Waals surface area contributed by atoms with Crippen LogP contribution in [0, 0.1) is 6.92 Å². The zero-order chi connectivity index (χ0) is 14.5. The Morgan fingerprint density at radius 1 is 1.55 bits per heavy atom. The van der Waals surface area contributed by atoms with Crippen LogP contribution >= 0.6 is 0 Å². The van der Waals surface area contributed by atoms with E-state index in [1.165, 1.54) is 0 Å². The third-order valence-corrected chi connectivity index (χ3v) is 3.54. The van der Waals surface area contributed by atoms with Crippen molar-refractivity contribution in [2.75, 3.05) is 33.4 Å². The lowest BCUT2D eigenvalue weighted by Crippen LogP contribution is -2.47. The molecule has 1 aliphatic rings. The first-order valence-corrected chi connectivity index (χ1v) is 6.76. The molecular formula is C15H21NO4. The second-order valence-electron chi connectivity index (χ2n) is 5.00. The number of amides is 1. The highest BCUT2D eigenvalue weighted by Crippen LogP contribution is 2.15. The van der Waals surface area contributed by atoms with E-state index in [4.69, 9.17) is 9.47 Å². The maximum absolute atomic E-state index is 12.5. The number of nitrogens with zero attached hydrogens (tertiary/aromatic N) is 1. The van der Waals surface area contributed by atoms with E-state index in [1.54, 1.807) is 24.1 Å². The zero-order valence-electron chi connectivity index (χ0n) is 12.0. The molecule has 20 heavy (non-hydrogen) atoms. The van der Waals surface area contributed by atoms with Crippen molar-refractivity contribution in [3.05, 3.63) is 34.9 Å². The van der Waals surface area contributed by atoms with Gasteiger partial charge in [0.1, 0.15) is 0 Å². The van der Waals surface area contributed by atoms with E-state index in [0.717, 1.165) is 11.1 Å². The van der Waals surface area contributed by atoms with Crippen LogP contribution < -0.4 is 0 Å². The summed E-state index contributed by atoms with van der Waals surface area (Å²) in [4.78, 5) is 14.3. The summed E-state index contributed by atoms with van der Waals surface area (Å²) in [5.74, 6) is -0.0240. The van der Waals surface area contributed by atoms with Crippen LogP contribution in [0.2, 0.25) is 0 Å². The molecule has 0 aliphatic carbocycles. The van der Waals surface area contributed by atoms with E-state index in [-0.39, 0.29) is 18.6 Å². The third kappa shape index (κ3) is 3.36. The molecule has 1 saturated heterocycles. The zero-order valence-corrected chi connectivity index (χ0v) is 12.0. The second kappa shape index (κ2) is 6.83. The number of morpholine rings is 1. The molecule has 1 aromatic carbocycles. The summed E-state index contributed by atoms with van der Waals surface area (Å²) in [5, 5.41) is 9.29. The first-order valence-electron chi connectivity index (χ1n) is 6.76. The minimum absolute atomic E-state index is 0.0240. The molecule has 1 aromatic rings. The van der Waals surface area contributed by atoms with E-state index in [1.807, 2.05) is 13.0 Å². The van der Waals surface area contributed by atoms with Crippen molar-refractivity contribution < 1.29 is 19.4 Å². The van der Waals surface area contributed by atoms with Crippen LogP contribution in [0.4, 0.5) is 0 Å². The average Bonchev–Trinajstić information content (AvgIpc) is 2.48. The molecule has 1 atom stereocenters. The number of aryl methyl sites for hydroxylation is 1. The molecule has 1 unspecified atom stereocenters. The largest absolute Gasteiger partial charge is 0.392 e. The monoisotopic (exact) mass is 279 g/mol. The molecule has 0 spiro atoms. The predicted octanol–water partition coefficient (Wildman–Crippen LogP) is 0.975. The normalized spacial score (nSPS) is 19.1. The Bertz CT molecular complexity index is 473. The SMILES string of the molecule is COCC1CN(C(=O)c2ccc(C)c(CO)c2)CCO1. The van der Waals surface area contributed by atoms with Gasteiger partial charge in [-0.2, -0.15) is 0 Å². The average molecular weight is 279 g/mol. The third-order valence-electron chi connectivity index (χ3n) is 3.54. The molecule has 5 nitrogen and oxygen atoms in total. The molecule has 2 rings (SSSR count). The first-order chi connectivity index (χ1) is 9.65. The van der Waals surface area contributed by atoms with Gasteiger partial charge < -0.3 is 19.5 Å².